The lowest BCUT2D eigenvalue weighted by molar-refractivity contribution is 0.256. The van der Waals surface area contributed by atoms with Gasteiger partial charge in [0.25, 0.3) is 0 Å². The molecule has 3 rings (SSSR count). The van der Waals surface area contributed by atoms with Crippen molar-refractivity contribution >= 4 is 52.3 Å². The van der Waals surface area contributed by atoms with Crippen molar-refractivity contribution in [3.63, 3.8) is 0 Å². The lowest BCUT2D eigenvalue weighted by atomic mass is 10.2. The van der Waals surface area contributed by atoms with Crippen molar-refractivity contribution in [3.05, 3.63) is 24.3 Å². The average Bonchev–Trinajstić information content (AvgIpc) is 2.90. The number of piperazine rings is 1. The van der Waals surface area contributed by atoms with E-state index in [1.165, 1.54) is 15.9 Å². The maximum absolute atomic E-state index is 5.57. The van der Waals surface area contributed by atoms with Crippen molar-refractivity contribution < 1.29 is 0 Å². The van der Waals surface area contributed by atoms with Gasteiger partial charge in [-0.2, -0.15) is 4.37 Å². The number of aromatic nitrogens is 1. The predicted octanol–water partition coefficient (Wildman–Crippen LogP) is 2.61. The summed E-state index contributed by atoms with van der Waals surface area (Å²) in [6, 6.07) is 8.50. The second kappa shape index (κ2) is 8.76. The van der Waals surface area contributed by atoms with Crippen LogP contribution in [0.1, 0.15) is 6.42 Å². The molecule has 2 aromatic rings. The molecule has 0 unspecified atom stereocenters. The van der Waals surface area contributed by atoms with E-state index in [1.807, 2.05) is 0 Å². The van der Waals surface area contributed by atoms with Crippen LogP contribution in [-0.2, 0) is 0 Å². The van der Waals surface area contributed by atoms with E-state index in [9.17, 15) is 0 Å². The van der Waals surface area contributed by atoms with Gasteiger partial charge < -0.3 is 10.6 Å². The van der Waals surface area contributed by atoms with Crippen LogP contribution in [0.2, 0.25) is 0 Å². The highest BCUT2D eigenvalue weighted by molar-refractivity contribution is 7.13. The molecule has 2 heterocycles. The largest absolute Gasteiger partial charge is 0.353 e. The molecule has 1 aliphatic rings. The smallest absolute Gasteiger partial charge is 0.150 e. The molecule has 0 amide bonds. The molecule has 0 saturated carbocycles. The average molecular weight is 349 g/mol. The lowest BCUT2D eigenvalue weighted by Gasteiger charge is -2.35. The van der Waals surface area contributed by atoms with E-state index in [4.69, 9.17) is 5.73 Å². The molecule has 118 valence electrons. The summed E-state index contributed by atoms with van der Waals surface area (Å²) in [6.45, 7) is 6.29. The van der Waals surface area contributed by atoms with E-state index in [1.54, 1.807) is 11.5 Å². The van der Waals surface area contributed by atoms with E-state index in [0.29, 0.717) is 0 Å². The molecule has 7 heteroatoms. The zero-order chi connectivity index (χ0) is 13.1. The minimum atomic E-state index is 0. The van der Waals surface area contributed by atoms with E-state index >= 15 is 0 Å². The molecule has 0 bridgehead atoms. The van der Waals surface area contributed by atoms with Crippen LogP contribution < -0.4 is 10.6 Å². The van der Waals surface area contributed by atoms with Crippen LogP contribution in [0.3, 0.4) is 0 Å². The summed E-state index contributed by atoms with van der Waals surface area (Å²) in [5.41, 5.74) is 5.57. The molecule has 1 aromatic heterocycles. The fraction of sp³-hybridized carbons (Fsp3) is 0.500. The summed E-state index contributed by atoms with van der Waals surface area (Å²) >= 11 is 1.60. The minimum Gasteiger partial charge on any atom is -0.353 e. The third kappa shape index (κ3) is 4.20. The number of fused-ring (bicyclic) bond motifs is 1. The molecule has 0 spiro atoms. The Kier molecular flexibility index (Phi) is 7.70. The van der Waals surface area contributed by atoms with Crippen molar-refractivity contribution in [1.29, 1.82) is 0 Å². The van der Waals surface area contributed by atoms with E-state index in [-0.39, 0.29) is 24.8 Å². The number of halogens is 2. The van der Waals surface area contributed by atoms with Crippen molar-refractivity contribution in [2.75, 3.05) is 44.2 Å². The Morgan fingerprint density at radius 1 is 1.10 bits per heavy atom. The number of rotatable bonds is 4. The highest BCUT2D eigenvalue weighted by atomic mass is 35.5. The van der Waals surface area contributed by atoms with E-state index in [2.05, 4.69) is 38.4 Å². The Balaban J connectivity index is 0.00000110. The third-order valence-corrected chi connectivity index (χ3v) is 4.53. The molecule has 1 fully saturated rings. The third-order valence-electron chi connectivity index (χ3n) is 3.71. The Morgan fingerprint density at radius 3 is 2.52 bits per heavy atom. The normalized spacial score (nSPS) is 15.6. The van der Waals surface area contributed by atoms with Gasteiger partial charge in [-0.3, -0.25) is 4.90 Å². The molecule has 1 aliphatic heterocycles. The summed E-state index contributed by atoms with van der Waals surface area (Å²) in [6.07, 6.45) is 1.10. The second-order valence-electron chi connectivity index (χ2n) is 4.97. The molecule has 0 aliphatic carbocycles. The van der Waals surface area contributed by atoms with Gasteiger partial charge in [-0.1, -0.05) is 12.1 Å². The molecule has 0 radical (unpaired) electrons. The van der Waals surface area contributed by atoms with Gasteiger partial charge in [-0.25, -0.2) is 0 Å². The first-order valence-corrected chi connectivity index (χ1v) is 7.67. The van der Waals surface area contributed by atoms with Crippen molar-refractivity contribution in [2.45, 2.75) is 6.42 Å². The quantitative estimate of drug-likeness (QED) is 0.922. The first kappa shape index (κ1) is 18.5. The SMILES string of the molecule is Cl.Cl.NCCCN1CCN(c2nsc3ccccc23)CC1. The number of benzene rings is 1. The summed E-state index contributed by atoms with van der Waals surface area (Å²) in [4.78, 5) is 4.91. The highest BCUT2D eigenvalue weighted by Gasteiger charge is 2.19. The Bertz CT molecular complexity index is 541. The van der Waals surface area contributed by atoms with Crippen LogP contribution in [0.4, 0.5) is 5.82 Å². The summed E-state index contributed by atoms with van der Waals surface area (Å²) in [7, 11) is 0. The first-order valence-electron chi connectivity index (χ1n) is 6.90. The van der Waals surface area contributed by atoms with E-state index < -0.39 is 0 Å². The number of anilines is 1. The molecule has 2 N–H and O–H groups in total. The fourth-order valence-electron chi connectivity index (χ4n) is 2.60. The van der Waals surface area contributed by atoms with Crippen LogP contribution >= 0.6 is 36.3 Å². The molecule has 21 heavy (non-hydrogen) atoms. The Labute approximate surface area is 142 Å². The predicted molar refractivity (Wildman–Crippen MR) is 96.4 cm³/mol. The number of nitrogens with two attached hydrogens (primary N) is 1. The number of hydrogen-bond donors (Lipinski definition) is 1. The topological polar surface area (TPSA) is 45.4 Å². The van der Waals surface area contributed by atoms with E-state index in [0.717, 1.165) is 45.7 Å². The molecule has 1 aromatic carbocycles. The standard InChI is InChI=1S/C14H20N4S.2ClH/c15-6-3-7-17-8-10-18(11-9-17)14-12-4-1-2-5-13(12)19-16-14;;/h1-2,4-5H,3,6-11,15H2;2*1H. The van der Waals surface area contributed by atoms with Crippen LogP contribution in [-0.4, -0.2) is 48.5 Å². The maximum atomic E-state index is 5.57. The fourth-order valence-corrected chi connectivity index (χ4v) is 3.39. The Hall–Kier alpha value is -0.590. The monoisotopic (exact) mass is 348 g/mol. The lowest BCUT2D eigenvalue weighted by Crippen LogP contribution is -2.47. The van der Waals surface area contributed by atoms with Gasteiger partial charge >= 0.3 is 0 Å². The second-order valence-corrected chi connectivity index (χ2v) is 5.78. The zero-order valence-corrected chi connectivity index (χ0v) is 14.4. The van der Waals surface area contributed by atoms with Crippen LogP contribution in [0, 0.1) is 0 Å². The molecular formula is C14H22Cl2N4S. The van der Waals surface area contributed by atoms with Crippen molar-refractivity contribution in [2.24, 2.45) is 5.73 Å². The zero-order valence-electron chi connectivity index (χ0n) is 11.9. The molecule has 4 nitrogen and oxygen atoms in total. The van der Waals surface area contributed by atoms with Gasteiger partial charge in [0.05, 0.1) is 4.70 Å². The maximum Gasteiger partial charge on any atom is 0.150 e. The van der Waals surface area contributed by atoms with Crippen molar-refractivity contribution in [1.82, 2.24) is 9.27 Å². The van der Waals surface area contributed by atoms with Crippen LogP contribution in [0.25, 0.3) is 10.1 Å². The first-order chi connectivity index (χ1) is 9.38. The van der Waals surface area contributed by atoms with Gasteiger partial charge in [-0.15, -0.1) is 24.8 Å². The Morgan fingerprint density at radius 2 is 1.81 bits per heavy atom. The van der Waals surface area contributed by atoms with Gasteiger partial charge in [0, 0.05) is 31.6 Å². The number of nitrogens with zero attached hydrogens (tertiary/aromatic N) is 3. The summed E-state index contributed by atoms with van der Waals surface area (Å²) < 4.78 is 5.92. The summed E-state index contributed by atoms with van der Waals surface area (Å²) in [5, 5.41) is 1.29. The highest BCUT2D eigenvalue weighted by Crippen LogP contribution is 2.29. The van der Waals surface area contributed by atoms with Crippen molar-refractivity contribution in [3.8, 4) is 0 Å². The minimum absolute atomic E-state index is 0. The van der Waals surface area contributed by atoms with Crippen LogP contribution in [0.5, 0.6) is 0 Å². The van der Waals surface area contributed by atoms with Crippen LogP contribution in [0.15, 0.2) is 24.3 Å². The van der Waals surface area contributed by atoms with Gasteiger partial charge in [0.1, 0.15) is 5.82 Å². The number of hydrogen-bond acceptors (Lipinski definition) is 5. The van der Waals surface area contributed by atoms with Gasteiger partial charge in [0.2, 0.25) is 0 Å². The van der Waals surface area contributed by atoms with Gasteiger partial charge in [0.15, 0.2) is 0 Å². The molecule has 0 atom stereocenters. The molecule has 1 saturated heterocycles. The molecular weight excluding hydrogens is 327 g/mol. The van der Waals surface area contributed by atoms with Gasteiger partial charge in [-0.05, 0) is 43.2 Å². The summed E-state index contributed by atoms with van der Waals surface area (Å²) in [5.74, 6) is 1.17.